The van der Waals surface area contributed by atoms with Gasteiger partial charge in [0.2, 0.25) is 5.91 Å². The standard InChI is InChI=1S/C19H17F2N3O4/c1-9(12-7-6-11(20)8-13(12)21)22-17(26)10(2)24-18(27)16-14(23-19(24)28)4-3-5-15(16)25/h3-10,25H,1-2H3,(H,22,26)(H,23,28)/t9-,10+/m0/s1. The highest BCUT2D eigenvalue weighted by Crippen LogP contribution is 2.20. The quantitative estimate of drug-likeness (QED) is 0.636. The molecule has 0 aliphatic carbocycles. The Bertz CT molecular complexity index is 1190. The second kappa shape index (κ2) is 7.26. The number of amides is 1. The van der Waals surface area contributed by atoms with Crippen LogP contribution in [0.1, 0.15) is 31.5 Å². The Kier molecular flexibility index (Phi) is 5.00. The molecule has 0 radical (unpaired) electrons. The maximum atomic E-state index is 13.9. The van der Waals surface area contributed by atoms with Gasteiger partial charge in [0.25, 0.3) is 5.56 Å². The van der Waals surface area contributed by atoms with Crippen LogP contribution in [0, 0.1) is 11.6 Å². The second-order valence-corrected chi connectivity index (χ2v) is 6.38. The van der Waals surface area contributed by atoms with E-state index in [4.69, 9.17) is 0 Å². The van der Waals surface area contributed by atoms with Crippen LogP contribution in [-0.2, 0) is 4.79 Å². The maximum Gasteiger partial charge on any atom is 0.329 e. The fourth-order valence-corrected chi connectivity index (χ4v) is 2.99. The zero-order chi connectivity index (χ0) is 20.6. The minimum atomic E-state index is -1.24. The number of nitrogens with one attached hydrogen (secondary N) is 2. The smallest absolute Gasteiger partial charge is 0.329 e. The summed E-state index contributed by atoms with van der Waals surface area (Å²) < 4.78 is 27.6. The molecule has 1 heterocycles. The number of halogens is 2. The number of phenolic OH excluding ortho intramolecular Hbond substituents is 1. The largest absolute Gasteiger partial charge is 0.507 e. The zero-order valence-electron chi connectivity index (χ0n) is 15.0. The van der Waals surface area contributed by atoms with Crippen LogP contribution < -0.4 is 16.6 Å². The Balaban J connectivity index is 1.94. The summed E-state index contributed by atoms with van der Waals surface area (Å²) in [5, 5.41) is 12.3. The van der Waals surface area contributed by atoms with Crippen molar-refractivity contribution >= 4 is 16.8 Å². The van der Waals surface area contributed by atoms with Crippen LogP contribution in [-0.4, -0.2) is 20.6 Å². The van der Waals surface area contributed by atoms with Gasteiger partial charge in [-0.25, -0.2) is 18.1 Å². The summed E-state index contributed by atoms with van der Waals surface area (Å²) in [6.45, 7) is 2.81. The number of H-pyrrole nitrogens is 1. The van der Waals surface area contributed by atoms with Gasteiger partial charge in [-0.15, -0.1) is 0 Å². The van der Waals surface area contributed by atoms with Gasteiger partial charge in [-0.3, -0.25) is 9.59 Å². The van der Waals surface area contributed by atoms with Gasteiger partial charge in [-0.1, -0.05) is 12.1 Å². The molecule has 0 bridgehead atoms. The highest BCUT2D eigenvalue weighted by Gasteiger charge is 2.23. The number of aromatic nitrogens is 2. The summed E-state index contributed by atoms with van der Waals surface area (Å²) in [6, 6.07) is 5.09. The van der Waals surface area contributed by atoms with Gasteiger partial charge >= 0.3 is 5.69 Å². The number of phenols is 1. The summed E-state index contributed by atoms with van der Waals surface area (Å²) in [5.74, 6) is -2.63. The first-order valence-electron chi connectivity index (χ1n) is 8.42. The van der Waals surface area contributed by atoms with Crippen LogP contribution in [0.3, 0.4) is 0 Å². The van der Waals surface area contributed by atoms with E-state index in [1.54, 1.807) is 0 Å². The van der Waals surface area contributed by atoms with Crippen LogP contribution in [0.2, 0.25) is 0 Å². The molecule has 7 nitrogen and oxygen atoms in total. The molecule has 2 atom stereocenters. The first-order valence-corrected chi connectivity index (χ1v) is 8.42. The normalized spacial score (nSPS) is 13.3. The number of carbonyl (C=O) groups excluding carboxylic acids is 1. The number of rotatable bonds is 4. The van der Waals surface area contributed by atoms with E-state index in [0.29, 0.717) is 10.6 Å². The van der Waals surface area contributed by atoms with Crippen molar-refractivity contribution in [2.45, 2.75) is 25.9 Å². The number of aromatic hydroxyl groups is 1. The van der Waals surface area contributed by atoms with Crippen LogP contribution in [0.15, 0.2) is 46.0 Å². The van der Waals surface area contributed by atoms with Gasteiger partial charge in [-0.2, -0.15) is 0 Å². The van der Waals surface area contributed by atoms with Crippen molar-refractivity contribution < 1.29 is 18.7 Å². The van der Waals surface area contributed by atoms with Crippen molar-refractivity contribution in [3.63, 3.8) is 0 Å². The molecule has 9 heteroatoms. The van der Waals surface area contributed by atoms with Gasteiger partial charge in [-0.05, 0) is 32.0 Å². The Labute approximate surface area is 157 Å². The fraction of sp³-hybridized carbons (Fsp3) is 0.211. The third-order valence-corrected chi connectivity index (χ3v) is 4.49. The van der Waals surface area contributed by atoms with Gasteiger partial charge in [0.05, 0.1) is 11.6 Å². The van der Waals surface area contributed by atoms with Gasteiger partial charge in [0, 0.05) is 11.6 Å². The highest BCUT2D eigenvalue weighted by molar-refractivity contribution is 5.85. The average Bonchev–Trinajstić information content (AvgIpc) is 2.61. The topological polar surface area (TPSA) is 104 Å². The van der Waals surface area contributed by atoms with E-state index in [9.17, 15) is 28.3 Å². The number of hydrogen-bond donors (Lipinski definition) is 3. The van der Waals surface area contributed by atoms with E-state index in [1.807, 2.05) is 0 Å². The van der Waals surface area contributed by atoms with E-state index in [0.717, 1.165) is 6.07 Å². The van der Waals surface area contributed by atoms with E-state index >= 15 is 0 Å². The van der Waals surface area contributed by atoms with E-state index in [-0.39, 0.29) is 22.2 Å². The summed E-state index contributed by atoms with van der Waals surface area (Å²) in [7, 11) is 0. The lowest BCUT2D eigenvalue weighted by molar-refractivity contribution is -0.124. The van der Waals surface area contributed by atoms with Crippen molar-refractivity contribution in [1.29, 1.82) is 0 Å². The van der Waals surface area contributed by atoms with Gasteiger partial charge in [0.1, 0.15) is 28.8 Å². The maximum absolute atomic E-state index is 13.9. The van der Waals surface area contributed by atoms with Crippen LogP contribution >= 0.6 is 0 Å². The molecule has 0 aliphatic rings. The molecule has 3 N–H and O–H groups in total. The van der Waals surface area contributed by atoms with Crippen molar-refractivity contribution in [3.8, 4) is 5.75 Å². The molecular formula is C19H17F2N3O4. The molecule has 0 spiro atoms. The number of carbonyl (C=O) groups is 1. The van der Waals surface area contributed by atoms with Crippen LogP contribution in [0.5, 0.6) is 5.75 Å². The van der Waals surface area contributed by atoms with E-state index in [2.05, 4.69) is 10.3 Å². The molecule has 0 saturated heterocycles. The third-order valence-electron chi connectivity index (χ3n) is 4.49. The molecule has 0 fully saturated rings. The van der Waals surface area contributed by atoms with Gasteiger partial charge in [0.15, 0.2) is 0 Å². The molecule has 3 rings (SSSR count). The number of nitrogens with zero attached hydrogens (tertiary/aromatic N) is 1. The molecule has 0 unspecified atom stereocenters. The third kappa shape index (κ3) is 3.38. The summed E-state index contributed by atoms with van der Waals surface area (Å²) in [6.07, 6.45) is 0. The lowest BCUT2D eigenvalue weighted by Crippen LogP contribution is -2.44. The predicted molar refractivity (Wildman–Crippen MR) is 98.1 cm³/mol. The molecule has 146 valence electrons. The Morgan fingerprint density at radius 2 is 1.89 bits per heavy atom. The first kappa shape index (κ1) is 19.3. The lowest BCUT2D eigenvalue weighted by Gasteiger charge is -2.19. The predicted octanol–water partition coefficient (Wildman–Crippen LogP) is 2.11. The van der Waals surface area contributed by atoms with Crippen molar-refractivity contribution in [1.82, 2.24) is 14.9 Å². The number of hydrogen-bond acceptors (Lipinski definition) is 4. The minimum Gasteiger partial charge on any atom is -0.507 e. The van der Waals surface area contributed by atoms with Crippen molar-refractivity contribution in [3.05, 3.63) is 74.4 Å². The number of aromatic amines is 1. The van der Waals surface area contributed by atoms with Crippen molar-refractivity contribution in [2.75, 3.05) is 0 Å². The molecule has 1 aromatic heterocycles. The van der Waals surface area contributed by atoms with E-state index in [1.165, 1.54) is 38.1 Å². The highest BCUT2D eigenvalue weighted by atomic mass is 19.1. The zero-order valence-corrected chi connectivity index (χ0v) is 15.0. The summed E-state index contributed by atoms with van der Waals surface area (Å²) in [5.41, 5.74) is -1.47. The average molecular weight is 389 g/mol. The Morgan fingerprint density at radius 3 is 2.57 bits per heavy atom. The molecule has 0 aliphatic heterocycles. The van der Waals surface area contributed by atoms with Crippen LogP contribution in [0.4, 0.5) is 8.78 Å². The molecular weight excluding hydrogens is 372 g/mol. The number of benzene rings is 2. The summed E-state index contributed by atoms with van der Waals surface area (Å²) in [4.78, 5) is 40.0. The Morgan fingerprint density at radius 1 is 1.18 bits per heavy atom. The Hall–Kier alpha value is -3.49. The monoisotopic (exact) mass is 389 g/mol. The second-order valence-electron chi connectivity index (χ2n) is 6.38. The molecule has 2 aromatic carbocycles. The van der Waals surface area contributed by atoms with Gasteiger partial charge < -0.3 is 15.4 Å². The first-order chi connectivity index (χ1) is 13.2. The summed E-state index contributed by atoms with van der Waals surface area (Å²) >= 11 is 0. The fourth-order valence-electron chi connectivity index (χ4n) is 2.99. The number of fused-ring (bicyclic) bond motifs is 1. The van der Waals surface area contributed by atoms with E-state index < -0.39 is 40.9 Å². The minimum absolute atomic E-state index is 0.0550. The van der Waals surface area contributed by atoms with Crippen molar-refractivity contribution in [2.24, 2.45) is 0 Å². The molecule has 28 heavy (non-hydrogen) atoms. The van der Waals surface area contributed by atoms with Crippen LogP contribution in [0.25, 0.3) is 10.9 Å². The SMILES string of the molecule is C[C@H](NC(=O)[C@@H](C)n1c(=O)[nH]c2cccc(O)c2c1=O)c1ccc(F)cc1F. The molecule has 3 aromatic rings. The molecule has 1 amide bonds. The molecule has 0 saturated carbocycles. The lowest BCUT2D eigenvalue weighted by atomic mass is 10.1.